The first-order valence-corrected chi connectivity index (χ1v) is 14.1. The van der Waals surface area contributed by atoms with Crippen molar-refractivity contribution in [3.05, 3.63) is 24.8 Å². The Hall–Kier alpha value is -0.520. The van der Waals surface area contributed by atoms with Gasteiger partial charge in [0.2, 0.25) is 0 Å². The summed E-state index contributed by atoms with van der Waals surface area (Å²) < 4.78 is 0. The number of allylic oxidation sites excluding steroid dienone is 2. The lowest BCUT2D eigenvalue weighted by atomic mass is 9.33. The largest absolute Gasteiger partial charge is 0.106 e. The van der Waals surface area contributed by atoms with Gasteiger partial charge in [-0.25, -0.2) is 0 Å². The molecule has 0 amide bonds. The summed E-state index contributed by atoms with van der Waals surface area (Å²) in [6.07, 6.45) is 17.4. The van der Waals surface area contributed by atoms with Gasteiger partial charge in [-0.05, 0) is 114 Å². The van der Waals surface area contributed by atoms with Gasteiger partial charge in [-0.2, -0.15) is 0 Å². The van der Waals surface area contributed by atoms with Gasteiger partial charge in [-0.1, -0.05) is 73.5 Å². The maximum absolute atomic E-state index is 3.00. The second-order valence-electron chi connectivity index (χ2n) is 14.6. The molecule has 5 aliphatic carbocycles. The summed E-state index contributed by atoms with van der Waals surface area (Å²) in [4.78, 5) is 0. The molecule has 9 atom stereocenters. The van der Waals surface area contributed by atoms with E-state index in [2.05, 4.69) is 74.6 Å². The number of hydrogen-bond donors (Lipinski definition) is 0. The van der Waals surface area contributed by atoms with Gasteiger partial charge in [0.25, 0.3) is 0 Å². The molecule has 5 rings (SSSR count). The third kappa shape index (κ3) is 3.05. The molecule has 0 radical (unpaired) electrons. The number of rotatable bonds is 0. The maximum Gasteiger partial charge on any atom is -0.00564 e. The van der Waals surface area contributed by atoms with Crippen LogP contribution in [0.5, 0.6) is 0 Å². The lowest BCUT2D eigenvalue weighted by Crippen LogP contribution is -2.63. The highest BCUT2D eigenvalue weighted by molar-refractivity contribution is 5.33. The summed E-state index contributed by atoms with van der Waals surface area (Å²) in [5.74, 6) is 4.40. The van der Waals surface area contributed by atoms with Crippen molar-refractivity contribution in [2.45, 2.75) is 120 Å². The molecule has 0 aromatic rings. The Bertz CT molecular complexity index is 758. The lowest BCUT2D eigenvalue weighted by molar-refractivity contribution is -0.180. The van der Waals surface area contributed by atoms with Gasteiger partial charge >= 0.3 is 0 Å². The molecule has 0 nitrogen and oxygen atoms in total. The third-order valence-corrected chi connectivity index (χ3v) is 13.1. The van der Waals surface area contributed by atoms with Crippen molar-refractivity contribution in [2.24, 2.45) is 56.7 Å². The molecule has 0 heterocycles. The van der Waals surface area contributed by atoms with Crippen molar-refractivity contribution in [1.29, 1.82) is 0 Å². The van der Waals surface area contributed by atoms with Gasteiger partial charge < -0.3 is 0 Å². The minimum atomic E-state index is 0.432. The van der Waals surface area contributed by atoms with Gasteiger partial charge in [-0.15, -0.1) is 13.2 Å². The van der Waals surface area contributed by atoms with Crippen LogP contribution in [-0.4, -0.2) is 0 Å². The molecule has 32 heavy (non-hydrogen) atoms. The first-order valence-electron chi connectivity index (χ1n) is 14.1. The van der Waals surface area contributed by atoms with E-state index in [1.165, 1.54) is 64.2 Å². The Labute approximate surface area is 201 Å². The van der Waals surface area contributed by atoms with Crippen molar-refractivity contribution >= 4 is 0 Å². The molecule has 4 fully saturated rings. The number of fused-ring (bicyclic) bond motifs is 7. The van der Waals surface area contributed by atoms with E-state index >= 15 is 0 Å². The van der Waals surface area contributed by atoms with E-state index in [-0.39, 0.29) is 0 Å². The predicted molar refractivity (Wildman–Crippen MR) is 141 cm³/mol. The average molecular weight is 439 g/mol. The molecule has 0 spiro atoms. The van der Waals surface area contributed by atoms with E-state index in [1.807, 2.05) is 5.57 Å². The van der Waals surface area contributed by atoms with Crippen LogP contribution in [0, 0.1) is 56.7 Å². The Kier molecular flexibility index (Phi) is 5.95. The molecule has 0 bridgehead atoms. The molecule has 6 unspecified atom stereocenters. The van der Waals surface area contributed by atoms with Gasteiger partial charge in [0.15, 0.2) is 0 Å². The van der Waals surface area contributed by atoms with Gasteiger partial charge in [0.05, 0.1) is 0 Å². The van der Waals surface area contributed by atoms with Crippen LogP contribution in [-0.2, 0) is 0 Å². The van der Waals surface area contributed by atoms with Crippen molar-refractivity contribution in [3.8, 4) is 0 Å². The quantitative estimate of drug-likeness (QED) is 0.330. The smallest absolute Gasteiger partial charge is 0.00564 e. The fourth-order valence-corrected chi connectivity index (χ4v) is 11.0. The lowest BCUT2D eigenvalue weighted by Gasteiger charge is -2.71. The molecule has 0 N–H and O–H groups in total. The van der Waals surface area contributed by atoms with E-state index in [0.717, 1.165) is 29.6 Å². The molecular weight excluding hydrogens is 384 g/mol. The summed E-state index contributed by atoms with van der Waals surface area (Å²) in [7, 11) is 0. The van der Waals surface area contributed by atoms with Crippen molar-refractivity contribution in [3.63, 3.8) is 0 Å². The zero-order chi connectivity index (χ0) is 23.7. The van der Waals surface area contributed by atoms with Crippen LogP contribution in [0.2, 0.25) is 0 Å². The van der Waals surface area contributed by atoms with E-state index < -0.39 is 0 Å². The highest BCUT2D eigenvalue weighted by atomic mass is 14.7. The van der Waals surface area contributed by atoms with Gasteiger partial charge in [0, 0.05) is 0 Å². The van der Waals surface area contributed by atoms with Crippen molar-refractivity contribution in [2.75, 3.05) is 0 Å². The molecule has 0 aromatic carbocycles. The average Bonchev–Trinajstić information content (AvgIpc) is 2.73. The summed E-state index contributed by atoms with van der Waals surface area (Å²) in [5, 5.41) is 0. The Morgan fingerprint density at radius 1 is 0.781 bits per heavy atom. The zero-order valence-corrected chi connectivity index (χ0v) is 22.9. The van der Waals surface area contributed by atoms with Crippen LogP contribution in [0.3, 0.4) is 0 Å². The highest BCUT2D eigenvalue weighted by Crippen LogP contribution is 2.75. The molecule has 5 aliphatic rings. The Balaban J connectivity index is 0.00000119. The molecular formula is C32H54. The standard InChI is InChI=1S/C30H50.C2H4/c1-20-12-16-27(5)18-19-29(7)22(25(27)21(20)2)10-11-24-28(6)15-9-14-26(3,4)23(28)13-17-30(24,29)8;1-2/h10,20-21,23-25H,9,11-19H2,1-8H3;1-2H2/t20-,21?,23?,24-,25?,27?,28?,29-,30?;/m1./s1. The van der Waals surface area contributed by atoms with Crippen LogP contribution >= 0.6 is 0 Å². The van der Waals surface area contributed by atoms with Crippen molar-refractivity contribution in [1.82, 2.24) is 0 Å². The summed E-state index contributed by atoms with van der Waals surface area (Å²) in [6, 6.07) is 0. The van der Waals surface area contributed by atoms with Crippen LogP contribution in [0.25, 0.3) is 0 Å². The first kappa shape index (κ1) is 24.6. The molecule has 182 valence electrons. The second kappa shape index (κ2) is 7.75. The molecule has 0 aliphatic heterocycles. The fourth-order valence-electron chi connectivity index (χ4n) is 11.0. The van der Waals surface area contributed by atoms with E-state index in [0.29, 0.717) is 27.1 Å². The van der Waals surface area contributed by atoms with E-state index in [9.17, 15) is 0 Å². The van der Waals surface area contributed by atoms with Crippen LogP contribution in [0.4, 0.5) is 0 Å². The third-order valence-electron chi connectivity index (χ3n) is 13.1. The highest BCUT2D eigenvalue weighted by Gasteiger charge is 2.67. The maximum atomic E-state index is 3.00. The summed E-state index contributed by atoms with van der Waals surface area (Å²) >= 11 is 0. The molecule has 0 saturated heterocycles. The Morgan fingerprint density at radius 2 is 1.47 bits per heavy atom. The number of hydrogen-bond acceptors (Lipinski definition) is 0. The predicted octanol–water partition coefficient (Wildman–Crippen LogP) is 9.86. The first-order chi connectivity index (χ1) is 14.9. The Morgan fingerprint density at radius 3 is 2.16 bits per heavy atom. The topological polar surface area (TPSA) is 0 Å². The van der Waals surface area contributed by atoms with Gasteiger partial charge in [0.1, 0.15) is 0 Å². The monoisotopic (exact) mass is 438 g/mol. The second-order valence-corrected chi connectivity index (χ2v) is 14.6. The minimum Gasteiger partial charge on any atom is -0.106 e. The minimum absolute atomic E-state index is 0.432. The normalized spacial score (nSPS) is 53.9. The summed E-state index contributed by atoms with van der Waals surface area (Å²) in [6.45, 7) is 27.3. The molecule has 0 aromatic heterocycles. The van der Waals surface area contributed by atoms with Crippen molar-refractivity contribution < 1.29 is 0 Å². The van der Waals surface area contributed by atoms with Crippen LogP contribution < -0.4 is 0 Å². The van der Waals surface area contributed by atoms with Gasteiger partial charge in [-0.3, -0.25) is 0 Å². The SMILES string of the molecule is C=C.CC1C2C3=CC[C@@H]4C5(C)CCCC(C)(C)C5CCC4(C)[C@]3(C)CCC2(C)CC[C@H]1C. The summed E-state index contributed by atoms with van der Waals surface area (Å²) in [5.41, 5.74) is 4.52. The fraction of sp³-hybridized carbons (Fsp3) is 0.875. The van der Waals surface area contributed by atoms with E-state index in [1.54, 1.807) is 0 Å². The molecule has 0 heteroatoms. The van der Waals surface area contributed by atoms with Crippen LogP contribution in [0.1, 0.15) is 120 Å². The zero-order valence-electron chi connectivity index (χ0n) is 22.9. The van der Waals surface area contributed by atoms with E-state index in [4.69, 9.17) is 0 Å². The molecule has 4 saturated carbocycles. The van der Waals surface area contributed by atoms with Crippen LogP contribution in [0.15, 0.2) is 24.8 Å².